The summed E-state index contributed by atoms with van der Waals surface area (Å²) in [7, 11) is 0. The summed E-state index contributed by atoms with van der Waals surface area (Å²) in [6, 6.07) is 8.09. The third kappa shape index (κ3) is 4.78. The van der Waals surface area contributed by atoms with E-state index in [1.807, 2.05) is 36.1 Å². The van der Waals surface area contributed by atoms with Gasteiger partial charge >= 0.3 is 0 Å². The van der Waals surface area contributed by atoms with Gasteiger partial charge in [-0.1, -0.05) is 17.7 Å². The van der Waals surface area contributed by atoms with Gasteiger partial charge in [0.2, 0.25) is 5.91 Å². The molecule has 1 aromatic heterocycles. The van der Waals surface area contributed by atoms with Crippen LogP contribution >= 0.6 is 0 Å². The van der Waals surface area contributed by atoms with Crippen LogP contribution in [0.25, 0.3) is 0 Å². The van der Waals surface area contributed by atoms with E-state index >= 15 is 0 Å². The molecule has 1 atom stereocenters. The zero-order chi connectivity index (χ0) is 17.6. The van der Waals surface area contributed by atoms with Gasteiger partial charge < -0.3 is 9.64 Å². The Bertz CT molecular complexity index is 698. The molecule has 1 amide bonds. The first kappa shape index (κ1) is 17.4. The van der Waals surface area contributed by atoms with Gasteiger partial charge in [0, 0.05) is 25.4 Å². The molecule has 1 aliphatic heterocycles. The number of hydrogen-bond donors (Lipinski definition) is 0. The minimum absolute atomic E-state index is 0.162. The molecule has 0 radical (unpaired) electrons. The molecule has 0 N–H and O–H groups in total. The summed E-state index contributed by atoms with van der Waals surface area (Å²) in [6.07, 6.45) is 2.55. The summed E-state index contributed by atoms with van der Waals surface area (Å²) in [4.78, 5) is 14.4. The predicted molar refractivity (Wildman–Crippen MR) is 93.1 cm³/mol. The summed E-state index contributed by atoms with van der Waals surface area (Å²) in [5, 5.41) is 11.3. The van der Waals surface area contributed by atoms with Gasteiger partial charge in [-0.3, -0.25) is 4.79 Å². The van der Waals surface area contributed by atoms with Crippen molar-refractivity contribution in [2.75, 3.05) is 19.7 Å². The molecule has 3 rings (SSSR count). The largest absolute Gasteiger partial charge is 0.493 e. The number of aromatic nitrogens is 4. The van der Waals surface area contributed by atoms with Crippen molar-refractivity contribution in [2.45, 2.75) is 39.7 Å². The third-order valence-corrected chi connectivity index (χ3v) is 4.63. The van der Waals surface area contributed by atoms with E-state index in [0.717, 1.165) is 37.5 Å². The number of amides is 1. The minimum Gasteiger partial charge on any atom is -0.493 e. The highest BCUT2D eigenvalue weighted by Crippen LogP contribution is 2.20. The van der Waals surface area contributed by atoms with Gasteiger partial charge in [-0.05, 0) is 49.2 Å². The van der Waals surface area contributed by atoms with Crippen molar-refractivity contribution < 1.29 is 9.53 Å². The summed E-state index contributed by atoms with van der Waals surface area (Å²) in [6.45, 7) is 6.67. The monoisotopic (exact) mass is 343 g/mol. The average Bonchev–Trinajstić information content (AvgIpc) is 3.04. The van der Waals surface area contributed by atoms with Crippen molar-refractivity contribution in [3.05, 3.63) is 35.7 Å². The number of hydrogen-bond acceptors (Lipinski definition) is 5. The van der Waals surface area contributed by atoms with Crippen LogP contribution in [-0.4, -0.2) is 50.7 Å². The van der Waals surface area contributed by atoms with E-state index in [1.165, 1.54) is 5.56 Å². The second-order valence-electron chi connectivity index (χ2n) is 6.67. The molecule has 1 saturated heterocycles. The van der Waals surface area contributed by atoms with Crippen LogP contribution in [0, 0.1) is 19.8 Å². The Morgan fingerprint density at radius 1 is 1.28 bits per heavy atom. The van der Waals surface area contributed by atoms with E-state index in [-0.39, 0.29) is 5.91 Å². The maximum atomic E-state index is 12.5. The quantitative estimate of drug-likeness (QED) is 0.802. The number of benzene rings is 1. The molecule has 1 aromatic carbocycles. The highest BCUT2D eigenvalue weighted by Gasteiger charge is 2.24. The Hall–Kier alpha value is -2.44. The van der Waals surface area contributed by atoms with Gasteiger partial charge in [-0.15, -0.1) is 5.10 Å². The molecule has 0 saturated carbocycles. The molecular weight excluding hydrogens is 318 g/mol. The van der Waals surface area contributed by atoms with Crippen LogP contribution in [-0.2, 0) is 11.3 Å². The first-order valence-electron chi connectivity index (χ1n) is 8.82. The summed E-state index contributed by atoms with van der Waals surface area (Å²) in [5.74, 6) is 2.17. The predicted octanol–water partition coefficient (Wildman–Crippen LogP) is 2.00. The highest BCUT2D eigenvalue weighted by molar-refractivity contribution is 5.76. The van der Waals surface area contributed by atoms with Crippen molar-refractivity contribution in [3.63, 3.8) is 0 Å². The van der Waals surface area contributed by atoms with Crippen LogP contribution in [0.5, 0.6) is 5.75 Å². The number of tetrazole rings is 1. The molecule has 7 nitrogen and oxygen atoms in total. The van der Waals surface area contributed by atoms with Crippen LogP contribution in [0.2, 0.25) is 0 Å². The Morgan fingerprint density at radius 2 is 2.08 bits per heavy atom. The smallest absolute Gasteiger partial charge is 0.224 e. The third-order valence-electron chi connectivity index (χ3n) is 4.63. The normalized spacial score (nSPS) is 17.5. The SMILES string of the molecule is Cc1ccc(OC[C@H]2CCCN(C(=O)CCn3nnnc3C)C2)cc1. The fraction of sp³-hybridized carbons (Fsp3) is 0.556. The fourth-order valence-corrected chi connectivity index (χ4v) is 3.09. The lowest BCUT2D eigenvalue weighted by atomic mass is 9.98. The highest BCUT2D eigenvalue weighted by atomic mass is 16.5. The van der Waals surface area contributed by atoms with Crippen LogP contribution in [0.3, 0.4) is 0 Å². The molecule has 0 spiro atoms. The van der Waals surface area contributed by atoms with Crippen molar-refractivity contribution in [2.24, 2.45) is 5.92 Å². The molecule has 1 fully saturated rings. The summed E-state index contributed by atoms with van der Waals surface area (Å²) in [5.41, 5.74) is 1.22. The van der Waals surface area contributed by atoms with E-state index in [4.69, 9.17) is 4.74 Å². The Balaban J connectivity index is 1.46. The maximum Gasteiger partial charge on any atom is 0.224 e. The molecule has 2 aromatic rings. The second kappa shape index (κ2) is 8.09. The lowest BCUT2D eigenvalue weighted by Crippen LogP contribution is -2.41. The zero-order valence-corrected chi connectivity index (χ0v) is 14.9. The topological polar surface area (TPSA) is 73.1 Å². The Morgan fingerprint density at radius 3 is 2.80 bits per heavy atom. The number of ether oxygens (including phenoxy) is 1. The van der Waals surface area contributed by atoms with Crippen molar-refractivity contribution >= 4 is 5.91 Å². The van der Waals surface area contributed by atoms with Gasteiger partial charge in [-0.25, -0.2) is 4.68 Å². The van der Waals surface area contributed by atoms with Crippen molar-refractivity contribution in [1.82, 2.24) is 25.1 Å². The fourth-order valence-electron chi connectivity index (χ4n) is 3.09. The number of likely N-dealkylation sites (tertiary alicyclic amines) is 1. The first-order chi connectivity index (χ1) is 12.1. The average molecular weight is 343 g/mol. The molecule has 7 heteroatoms. The van der Waals surface area contributed by atoms with Crippen LogP contribution in [0.15, 0.2) is 24.3 Å². The Labute approximate surface area is 148 Å². The molecule has 2 heterocycles. The lowest BCUT2D eigenvalue weighted by molar-refractivity contribution is -0.133. The molecule has 0 aliphatic carbocycles. The number of carbonyl (C=O) groups excluding carboxylic acids is 1. The van der Waals surface area contributed by atoms with Crippen molar-refractivity contribution in [1.29, 1.82) is 0 Å². The number of aryl methyl sites for hydroxylation is 3. The number of carbonyl (C=O) groups is 1. The number of nitrogens with zero attached hydrogens (tertiary/aromatic N) is 5. The molecule has 0 unspecified atom stereocenters. The van der Waals surface area contributed by atoms with E-state index in [0.29, 0.717) is 25.5 Å². The van der Waals surface area contributed by atoms with Gasteiger partial charge in [0.25, 0.3) is 0 Å². The zero-order valence-electron chi connectivity index (χ0n) is 14.9. The summed E-state index contributed by atoms with van der Waals surface area (Å²) < 4.78 is 7.56. The summed E-state index contributed by atoms with van der Waals surface area (Å²) >= 11 is 0. The van der Waals surface area contributed by atoms with Crippen molar-refractivity contribution in [3.8, 4) is 5.75 Å². The van der Waals surface area contributed by atoms with Gasteiger partial charge in [0.15, 0.2) is 0 Å². The molecule has 134 valence electrons. The second-order valence-corrected chi connectivity index (χ2v) is 6.67. The molecule has 1 aliphatic rings. The van der Waals surface area contributed by atoms with E-state index in [9.17, 15) is 4.79 Å². The van der Waals surface area contributed by atoms with Crippen LogP contribution in [0.4, 0.5) is 0 Å². The maximum absolute atomic E-state index is 12.5. The molecule has 0 bridgehead atoms. The first-order valence-corrected chi connectivity index (χ1v) is 8.82. The number of rotatable bonds is 6. The lowest BCUT2D eigenvalue weighted by Gasteiger charge is -2.32. The molecular formula is C18H25N5O2. The van der Waals surface area contributed by atoms with E-state index < -0.39 is 0 Å². The van der Waals surface area contributed by atoms with Crippen LogP contribution in [0.1, 0.15) is 30.7 Å². The standard InChI is InChI=1S/C18H25N5O2/c1-14-5-7-17(8-6-14)25-13-16-4-3-10-22(12-16)18(24)9-11-23-15(2)19-20-21-23/h5-8,16H,3-4,9-13H2,1-2H3/t16-/m0/s1. The van der Waals surface area contributed by atoms with Gasteiger partial charge in [0.05, 0.1) is 13.2 Å². The van der Waals surface area contributed by atoms with Gasteiger partial charge in [0.1, 0.15) is 11.6 Å². The minimum atomic E-state index is 0.162. The number of piperidine rings is 1. The molecule has 25 heavy (non-hydrogen) atoms. The van der Waals surface area contributed by atoms with E-state index in [1.54, 1.807) is 4.68 Å². The van der Waals surface area contributed by atoms with Gasteiger partial charge in [-0.2, -0.15) is 0 Å². The Kier molecular flexibility index (Phi) is 5.63. The van der Waals surface area contributed by atoms with E-state index in [2.05, 4.69) is 22.4 Å². The van der Waals surface area contributed by atoms with Crippen LogP contribution < -0.4 is 4.74 Å².